The molecule has 4 rings (SSSR count). The van der Waals surface area contributed by atoms with Gasteiger partial charge in [-0.1, -0.05) is 18.6 Å². The van der Waals surface area contributed by atoms with Crippen LogP contribution >= 0.6 is 11.8 Å². The van der Waals surface area contributed by atoms with E-state index in [2.05, 4.69) is 28.2 Å². The smallest absolute Gasteiger partial charge is 0.253 e. The minimum atomic E-state index is 0.234. The number of rotatable bonds is 3. The monoisotopic (exact) mass is 330 g/mol. The highest BCUT2D eigenvalue weighted by Gasteiger charge is 2.48. The fourth-order valence-corrected chi connectivity index (χ4v) is 5.34. The highest BCUT2D eigenvalue weighted by molar-refractivity contribution is 7.97. The number of piperidine rings is 1. The molecule has 1 aromatic rings. The van der Waals surface area contributed by atoms with E-state index in [0.29, 0.717) is 5.92 Å². The third-order valence-corrected chi connectivity index (χ3v) is 6.54. The van der Waals surface area contributed by atoms with Gasteiger partial charge in [0.2, 0.25) is 0 Å². The molecule has 124 valence electrons. The highest BCUT2D eigenvalue weighted by Crippen LogP contribution is 2.40. The number of carbonyl (C=O) groups is 1. The minimum Gasteiger partial charge on any atom is -0.338 e. The summed E-state index contributed by atoms with van der Waals surface area (Å²) in [6.07, 6.45) is 6.18. The van der Waals surface area contributed by atoms with Crippen LogP contribution in [0.4, 0.5) is 0 Å². The molecule has 3 nitrogen and oxygen atoms in total. The zero-order valence-corrected chi connectivity index (χ0v) is 14.7. The first-order valence-corrected chi connectivity index (χ1v) is 10.3. The molecule has 1 aromatic carbocycles. The van der Waals surface area contributed by atoms with Crippen molar-refractivity contribution < 1.29 is 4.79 Å². The van der Waals surface area contributed by atoms with Gasteiger partial charge < -0.3 is 4.90 Å². The van der Waals surface area contributed by atoms with Crippen LogP contribution in [0, 0.1) is 11.8 Å². The van der Waals surface area contributed by atoms with Gasteiger partial charge >= 0.3 is 0 Å². The van der Waals surface area contributed by atoms with Crippen molar-refractivity contribution in [3.05, 3.63) is 35.4 Å². The van der Waals surface area contributed by atoms with Crippen LogP contribution in [0.1, 0.15) is 35.2 Å². The van der Waals surface area contributed by atoms with Gasteiger partial charge in [-0.3, -0.25) is 9.69 Å². The predicted octanol–water partition coefficient (Wildman–Crippen LogP) is 3.11. The molecule has 3 saturated heterocycles. The number of carbonyl (C=O) groups excluding carboxylic acids is 1. The average Bonchev–Trinajstić information content (AvgIpc) is 3.13. The Kier molecular flexibility index (Phi) is 4.37. The number of benzene rings is 1. The number of nitrogens with zero attached hydrogens (tertiary/aromatic N) is 2. The molecule has 0 saturated carbocycles. The molecule has 3 aliphatic heterocycles. The molecule has 1 amide bonds. The molecule has 0 aliphatic carbocycles. The van der Waals surface area contributed by atoms with Crippen LogP contribution in [0.2, 0.25) is 0 Å². The second kappa shape index (κ2) is 6.48. The Hall–Kier alpha value is -1.00. The summed E-state index contributed by atoms with van der Waals surface area (Å²) < 4.78 is 0. The molecule has 3 fully saturated rings. The Balaban J connectivity index is 1.43. The Morgan fingerprint density at radius 3 is 2.78 bits per heavy atom. The lowest BCUT2D eigenvalue weighted by Crippen LogP contribution is -2.40. The van der Waals surface area contributed by atoms with Crippen molar-refractivity contribution in [1.82, 2.24) is 9.80 Å². The van der Waals surface area contributed by atoms with Gasteiger partial charge in [0.05, 0.1) is 0 Å². The number of fused-ring (bicyclic) bond motifs is 3. The summed E-state index contributed by atoms with van der Waals surface area (Å²) in [5.74, 6) is 2.67. The SMILES string of the molecule is CSCc1ccc(C(=O)N2C[C@@H]3CN4CCCC[C@@H]4[C@@H]3C2)cc1. The minimum absolute atomic E-state index is 0.234. The van der Waals surface area contributed by atoms with E-state index < -0.39 is 0 Å². The van der Waals surface area contributed by atoms with E-state index in [9.17, 15) is 4.79 Å². The first kappa shape index (κ1) is 15.5. The summed E-state index contributed by atoms with van der Waals surface area (Å²) in [4.78, 5) is 17.6. The third-order valence-electron chi connectivity index (χ3n) is 5.92. The topological polar surface area (TPSA) is 23.6 Å². The van der Waals surface area contributed by atoms with Gasteiger partial charge in [-0.15, -0.1) is 0 Å². The summed E-state index contributed by atoms with van der Waals surface area (Å²) in [5, 5.41) is 0. The first-order chi connectivity index (χ1) is 11.3. The summed E-state index contributed by atoms with van der Waals surface area (Å²) >= 11 is 1.82. The van der Waals surface area contributed by atoms with Crippen molar-refractivity contribution in [1.29, 1.82) is 0 Å². The number of thioether (sulfide) groups is 1. The lowest BCUT2D eigenvalue weighted by Gasteiger charge is -2.33. The van der Waals surface area contributed by atoms with Crippen molar-refractivity contribution in [2.75, 3.05) is 32.4 Å². The van der Waals surface area contributed by atoms with E-state index >= 15 is 0 Å². The number of hydrogen-bond acceptors (Lipinski definition) is 3. The molecule has 0 unspecified atom stereocenters. The van der Waals surface area contributed by atoms with Gasteiger partial charge in [0.15, 0.2) is 0 Å². The molecule has 3 heterocycles. The van der Waals surface area contributed by atoms with E-state index in [1.165, 1.54) is 37.9 Å². The lowest BCUT2D eigenvalue weighted by atomic mass is 9.90. The van der Waals surface area contributed by atoms with E-state index in [1.54, 1.807) is 0 Å². The van der Waals surface area contributed by atoms with E-state index in [-0.39, 0.29) is 5.91 Å². The molecule has 3 atom stereocenters. The predicted molar refractivity (Wildman–Crippen MR) is 95.8 cm³/mol. The Morgan fingerprint density at radius 1 is 1.17 bits per heavy atom. The summed E-state index contributed by atoms with van der Waals surface area (Å²) in [5.41, 5.74) is 2.15. The second-order valence-electron chi connectivity index (χ2n) is 7.32. The van der Waals surface area contributed by atoms with Crippen molar-refractivity contribution in [3.8, 4) is 0 Å². The highest BCUT2D eigenvalue weighted by atomic mass is 32.2. The van der Waals surface area contributed by atoms with Crippen LogP contribution in [0.3, 0.4) is 0 Å². The van der Waals surface area contributed by atoms with Gasteiger partial charge in [0, 0.05) is 37.0 Å². The normalized spacial score (nSPS) is 30.3. The van der Waals surface area contributed by atoms with Gasteiger partial charge in [0.1, 0.15) is 0 Å². The zero-order chi connectivity index (χ0) is 15.8. The molecule has 0 spiro atoms. The number of amides is 1. The van der Waals surface area contributed by atoms with Crippen molar-refractivity contribution in [2.24, 2.45) is 11.8 Å². The van der Waals surface area contributed by atoms with Crippen LogP contribution in [0.25, 0.3) is 0 Å². The van der Waals surface area contributed by atoms with Gasteiger partial charge in [-0.2, -0.15) is 11.8 Å². The average molecular weight is 330 g/mol. The molecule has 3 aliphatic rings. The second-order valence-corrected chi connectivity index (χ2v) is 8.19. The molecule has 4 heteroatoms. The van der Waals surface area contributed by atoms with Crippen molar-refractivity contribution in [2.45, 2.75) is 31.1 Å². The van der Waals surface area contributed by atoms with Crippen molar-refractivity contribution in [3.63, 3.8) is 0 Å². The zero-order valence-electron chi connectivity index (χ0n) is 13.9. The molecular weight excluding hydrogens is 304 g/mol. The van der Waals surface area contributed by atoms with E-state index in [1.807, 2.05) is 23.9 Å². The Morgan fingerprint density at radius 2 is 2.00 bits per heavy atom. The first-order valence-electron chi connectivity index (χ1n) is 8.87. The van der Waals surface area contributed by atoms with Gasteiger partial charge in [-0.05, 0) is 55.2 Å². The fraction of sp³-hybridized carbons (Fsp3) is 0.632. The van der Waals surface area contributed by atoms with Crippen LogP contribution in [-0.4, -0.2) is 54.2 Å². The van der Waals surface area contributed by atoms with Crippen molar-refractivity contribution >= 4 is 17.7 Å². The Bertz CT molecular complexity index is 573. The standard InChI is InChI=1S/C19H26N2OS/c1-23-13-14-5-7-15(8-6-14)19(22)21-11-16-10-20-9-3-2-4-18(20)17(16)12-21/h5-8,16-18H,2-4,9-13H2,1H3/t16-,17+,18+/m0/s1. The summed E-state index contributed by atoms with van der Waals surface area (Å²) in [6, 6.07) is 8.96. The van der Waals surface area contributed by atoms with Crippen LogP contribution in [0.5, 0.6) is 0 Å². The number of hydrogen-bond donors (Lipinski definition) is 0. The summed E-state index contributed by atoms with van der Waals surface area (Å²) in [6.45, 7) is 4.43. The summed E-state index contributed by atoms with van der Waals surface area (Å²) in [7, 11) is 0. The van der Waals surface area contributed by atoms with Crippen LogP contribution in [-0.2, 0) is 5.75 Å². The quantitative estimate of drug-likeness (QED) is 0.851. The molecule has 0 bridgehead atoms. The molecular formula is C19H26N2OS. The third kappa shape index (κ3) is 2.91. The van der Waals surface area contributed by atoms with E-state index in [0.717, 1.165) is 36.4 Å². The maximum atomic E-state index is 12.8. The molecule has 0 N–H and O–H groups in total. The van der Waals surface area contributed by atoms with Gasteiger partial charge in [0.25, 0.3) is 5.91 Å². The Labute approximate surface area is 143 Å². The van der Waals surface area contributed by atoms with E-state index in [4.69, 9.17) is 0 Å². The van der Waals surface area contributed by atoms with Gasteiger partial charge in [-0.25, -0.2) is 0 Å². The lowest BCUT2D eigenvalue weighted by molar-refractivity contribution is 0.0754. The maximum absolute atomic E-state index is 12.8. The fourth-order valence-electron chi connectivity index (χ4n) is 4.81. The maximum Gasteiger partial charge on any atom is 0.253 e. The molecule has 23 heavy (non-hydrogen) atoms. The molecule has 0 aromatic heterocycles. The largest absolute Gasteiger partial charge is 0.338 e. The van der Waals surface area contributed by atoms with Crippen LogP contribution in [0.15, 0.2) is 24.3 Å². The number of likely N-dealkylation sites (tertiary alicyclic amines) is 1. The van der Waals surface area contributed by atoms with Crippen LogP contribution < -0.4 is 0 Å². The molecule has 0 radical (unpaired) electrons.